The molecule has 0 unspecified atom stereocenters. The van der Waals surface area contributed by atoms with Crippen molar-refractivity contribution in [1.82, 2.24) is 0 Å². The summed E-state index contributed by atoms with van der Waals surface area (Å²) in [5.41, 5.74) is -4.74. The Morgan fingerprint density at radius 1 is 1.16 bits per heavy atom. The van der Waals surface area contributed by atoms with Crippen molar-refractivity contribution in [2.45, 2.75) is 23.6 Å². The number of alkyl halides is 3. The van der Waals surface area contributed by atoms with Gasteiger partial charge in [-0.15, -0.1) is 11.8 Å². The van der Waals surface area contributed by atoms with E-state index in [0.717, 1.165) is 31.0 Å². The van der Waals surface area contributed by atoms with Gasteiger partial charge in [-0.2, -0.15) is 13.2 Å². The van der Waals surface area contributed by atoms with Crippen LogP contribution in [0.1, 0.15) is 12.5 Å². The molecule has 14 heteroatoms. The van der Waals surface area contributed by atoms with Crippen molar-refractivity contribution >= 4 is 44.8 Å². The molecule has 0 fully saturated rings. The number of benzene rings is 2. The van der Waals surface area contributed by atoms with Gasteiger partial charge in [-0.3, -0.25) is 19.6 Å². The van der Waals surface area contributed by atoms with Crippen LogP contribution in [-0.2, 0) is 21.0 Å². The first-order chi connectivity index (χ1) is 14.6. The van der Waals surface area contributed by atoms with E-state index in [2.05, 4.69) is 10.0 Å². The first-order valence-electron chi connectivity index (χ1n) is 8.68. The molecule has 0 bridgehead atoms. The minimum absolute atomic E-state index is 0.184. The molecule has 32 heavy (non-hydrogen) atoms. The average Bonchev–Trinajstić information content (AvgIpc) is 2.65. The summed E-state index contributed by atoms with van der Waals surface area (Å²) in [5, 5.41) is 23.4. The Morgan fingerprint density at radius 3 is 2.22 bits per heavy atom. The van der Waals surface area contributed by atoms with Crippen LogP contribution in [0.2, 0.25) is 0 Å². The van der Waals surface area contributed by atoms with Gasteiger partial charge in [0.25, 0.3) is 11.6 Å². The molecule has 2 aromatic carbocycles. The summed E-state index contributed by atoms with van der Waals surface area (Å²) in [6.45, 7) is 1.16. The molecule has 1 atom stereocenters. The Hall–Kier alpha value is -2.84. The van der Waals surface area contributed by atoms with Gasteiger partial charge in [-0.25, -0.2) is 8.42 Å². The molecular weight excluding hydrogens is 475 g/mol. The largest absolute Gasteiger partial charge is 0.423 e. The van der Waals surface area contributed by atoms with Crippen LogP contribution < -0.4 is 10.0 Å². The summed E-state index contributed by atoms with van der Waals surface area (Å²) >= 11 is 1.05. The molecule has 0 aliphatic carbocycles. The van der Waals surface area contributed by atoms with E-state index in [4.69, 9.17) is 0 Å². The van der Waals surface area contributed by atoms with Crippen LogP contribution >= 0.6 is 11.8 Å². The van der Waals surface area contributed by atoms with Gasteiger partial charge in [0.1, 0.15) is 11.2 Å². The molecule has 0 aromatic heterocycles. The highest BCUT2D eigenvalue weighted by atomic mass is 32.2. The smallest absolute Gasteiger partial charge is 0.379 e. The average molecular weight is 493 g/mol. The number of carbonyl (C=O) groups excluding carboxylic acids is 1. The standard InChI is InChI=1S/C18H18F3N3O6S2/c1-17(26,10-31-13-6-3-11(4-7-13)23-32(2,29)30)16(25)22-12-5-8-15(24(27)28)14(9-12)18(19,20)21/h3-9,23,26H,10H2,1-2H3,(H,22,25)/t17-/m0/s1. The number of nitro groups is 1. The lowest BCUT2D eigenvalue weighted by molar-refractivity contribution is -0.388. The fourth-order valence-corrected chi connectivity index (χ4v) is 3.86. The quantitative estimate of drug-likeness (QED) is 0.291. The van der Waals surface area contributed by atoms with Crippen LogP contribution in [0.5, 0.6) is 0 Å². The fourth-order valence-electron chi connectivity index (χ4n) is 2.39. The number of nitro benzene ring substituents is 1. The van der Waals surface area contributed by atoms with Crippen molar-refractivity contribution in [1.29, 1.82) is 0 Å². The number of nitrogens with one attached hydrogen (secondary N) is 2. The molecule has 2 rings (SSSR count). The van der Waals surface area contributed by atoms with Gasteiger partial charge in [0, 0.05) is 28.1 Å². The third-order valence-electron chi connectivity index (χ3n) is 3.92. The number of sulfonamides is 1. The lowest BCUT2D eigenvalue weighted by Gasteiger charge is -2.22. The number of rotatable bonds is 8. The third-order valence-corrected chi connectivity index (χ3v) is 5.84. The Bertz CT molecular complexity index is 1120. The lowest BCUT2D eigenvalue weighted by Crippen LogP contribution is -2.42. The topological polar surface area (TPSA) is 139 Å². The van der Waals surface area contributed by atoms with Gasteiger partial charge in [-0.05, 0) is 43.3 Å². The number of hydrogen-bond acceptors (Lipinski definition) is 7. The first kappa shape index (κ1) is 25.4. The molecule has 1 amide bonds. The van der Waals surface area contributed by atoms with Crippen molar-refractivity contribution in [3.05, 3.63) is 58.1 Å². The molecular formula is C18H18F3N3O6S2. The summed E-state index contributed by atoms with van der Waals surface area (Å²) in [6.07, 6.45) is -4.02. The highest BCUT2D eigenvalue weighted by molar-refractivity contribution is 7.99. The molecule has 0 aliphatic rings. The maximum atomic E-state index is 13.1. The fraction of sp³-hybridized carbons (Fsp3) is 0.278. The van der Waals surface area contributed by atoms with Crippen molar-refractivity contribution in [3.63, 3.8) is 0 Å². The van der Waals surface area contributed by atoms with E-state index in [-0.39, 0.29) is 11.4 Å². The molecule has 0 saturated carbocycles. The number of halogens is 3. The van der Waals surface area contributed by atoms with Crippen molar-refractivity contribution in [2.24, 2.45) is 0 Å². The number of carbonyl (C=O) groups is 1. The second-order valence-electron chi connectivity index (χ2n) is 6.90. The Morgan fingerprint density at radius 2 is 1.72 bits per heavy atom. The number of hydrogen-bond donors (Lipinski definition) is 3. The SMILES string of the molecule is C[C@](O)(CSc1ccc(NS(C)(=O)=O)cc1)C(=O)Nc1ccc([N+](=O)[O-])c(C(F)(F)F)c1. The number of thioether (sulfide) groups is 1. The molecule has 0 radical (unpaired) electrons. The van der Waals surface area contributed by atoms with Crippen LogP contribution in [0.4, 0.5) is 30.2 Å². The van der Waals surface area contributed by atoms with Crippen LogP contribution in [0, 0.1) is 10.1 Å². The van der Waals surface area contributed by atoms with E-state index in [1.54, 1.807) is 12.1 Å². The van der Waals surface area contributed by atoms with Gasteiger partial charge >= 0.3 is 6.18 Å². The predicted molar refractivity (Wildman–Crippen MR) is 113 cm³/mol. The normalized spacial score (nSPS) is 13.8. The van der Waals surface area contributed by atoms with E-state index in [1.165, 1.54) is 12.1 Å². The van der Waals surface area contributed by atoms with E-state index >= 15 is 0 Å². The summed E-state index contributed by atoms with van der Waals surface area (Å²) in [6, 6.07) is 8.04. The van der Waals surface area contributed by atoms with Gasteiger partial charge in [0.2, 0.25) is 10.0 Å². The minimum atomic E-state index is -5.01. The Balaban J connectivity index is 2.08. The molecule has 0 saturated heterocycles. The maximum absolute atomic E-state index is 13.1. The molecule has 9 nitrogen and oxygen atoms in total. The highest BCUT2D eigenvalue weighted by Crippen LogP contribution is 2.37. The second kappa shape index (κ2) is 9.34. The molecule has 174 valence electrons. The van der Waals surface area contributed by atoms with Gasteiger partial charge in [0.05, 0.1) is 11.2 Å². The summed E-state index contributed by atoms with van der Waals surface area (Å²) in [4.78, 5) is 22.6. The summed E-state index contributed by atoms with van der Waals surface area (Å²) in [5.74, 6) is -1.20. The van der Waals surface area contributed by atoms with Crippen LogP contribution in [0.25, 0.3) is 0 Å². The summed E-state index contributed by atoms with van der Waals surface area (Å²) in [7, 11) is -3.44. The van der Waals surface area contributed by atoms with Crippen molar-refractivity contribution < 1.29 is 36.4 Å². The van der Waals surface area contributed by atoms with Crippen molar-refractivity contribution in [2.75, 3.05) is 22.0 Å². The Labute approximate surface area is 185 Å². The zero-order chi connectivity index (χ0) is 24.3. The lowest BCUT2D eigenvalue weighted by atomic mass is 10.1. The van der Waals surface area contributed by atoms with Crippen LogP contribution in [0.3, 0.4) is 0 Å². The molecule has 0 heterocycles. The Kier molecular flexibility index (Phi) is 7.42. The van der Waals surface area contributed by atoms with E-state index in [0.29, 0.717) is 22.7 Å². The van der Waals surface area contributed by atoms with Crippen molar-refractivity contribution in [3.8, 4) is 0 Å². The monoisotopic (exact) mass is 493 g/mol. The highest BCUT2D eigenvalue weighted by Gasteiger charge is 2.39. The van der Waals surface area contributed by atoms with Gasteiger partial charge < -0.3 is 10.4 Å². The molecule has 0 aliphatic heterocycles. The molecule has 0 spiro atoms. The molecule has 2 aromatic rings. The predicted octanol–water partition coefficient (Wildman–Crippen LogP) is 3.47. The minimum Gasteiger partial charge on any atom is -0.379 e. The van der Waals surface area contributed by atoms with E-state index < -0.39 is 43.9 Å². The van der Waals surface area contributed by atoms with Crippen LogP contribution in [0.15, 0.2) is 47.4 Å². The number of amides is 1. The second-order valence-corrected chi connectivity index (χ2v) is 9.70. The number of anilines is 2. The number of aliphatic hydroxyl groups is 1. The van der Waals surface area contributed by atoms with Gasteiger partial charge in [-0.1, -0.05) is 0 Å². The summed E-state index contributed by atoms with van der Waals surface area (Å²) < 4.78 is 63.9. The molecule has 3 N–H and O–H groups in total. The van der Waals surface area contributed by atoms with Gasteiger partial charge in [0.15, 0.2) is 0 Å². The van der Waals surface area contributed by atoms with Crippen LogP contribution in [-0.4, -0.2) is 42.0 Å². The first-order valence-corrected chi connectivity index (χ1v) is 11.6. The maximum Gasteiger partial charge on any atom is 0.423 e. The van der Waals surface area contributed by atoms with E-state index in [1.807, 2.05) is 0 Å². The zero-order valence-electron chi connectivity index (χ0n) is 16.6. The number of nitrogens with zero attached hydrogens (tertiary/aromatic N) is 1. The van der Waals surface area contributed by atoms with E-state index in [9.17, 15) is 41.6 Å². The third kappa shape index (κ3) is 7.10. The zero-order valence-corrected chi connectivity index (χ0v) is 18.3.